The van der Waals surface area contributed by atoms with Crippen LogP contribution in [0.5, 0.6) is 0 Å². The maximum atomic E-state index is 8.36. The van der Waals surface area contributed by atoms with E-state index in [2.05, 4.69) is 16.9 Å². The van der Waals surface area contributed by atoms with Crippen LogP contribution in [0, 0.1) is 0 Å². The second-order valence-electron chi connectivity index (χ2n) is 3.21. The molecule has 0 aromatic rings. The maximum absolute atomic E-state index is 8.36. The molecular formula is C7H15N3O2S. The zero-order chi connectivity index (χ0) is 10.0. The molecule has 0 spiro atoms. The molecule has 1 aliphatic rings. The third kappa shape index (κ3) is 2.35. The molecule has 13 heavy (non-hydrogen) atoms. The van der Waals surface area contributed by atoms with Crippen LogP contribution in [-0.2, 0) is 17.5 Å². The lowest BCUT2D eigenvalue weighted by Gasteiger charge is -2.24. The van der Waals surface area contributed by atoms with Crippen molar-refractivity contribution in [1.29, 1.82) is 0 Å². The van der Waals surface area contributed by atoms with E-state index < -0.39 is 0 Å². The Morgan fingerprint density at radius 2 is 2.46 bits per heavy atom. The van der Waals surface area contributed by atoms with Crippen LogP contribution in [0.25, 0.3) is 0 Å². The van der Waals surface area contributed by atoms with E-state index in [0.717, 1.165) is 4.90 Å². The second-order valence-corrected chi connectivity index (χ2v) is 3.69. The first kappa shape index (κ1) is 10.8. The minimum absolute atomic E-state index is 0.0403. The molecular weight excluding hydrogens is 190 g/mol. The number of hydrazine groups is 1. The molecule has 5 nitrogen and oxygen atoms in total. The van der Waals surface area contributed by atoms with E-state index in [1.54, 1.807) is 0 Å². The minimum atomic E-state index is -0.0403. The lowest BCUT2D eigenvalue weighted by Crippen LogP contribution is -3.15. The highest BCUT2D eigenvalue weighted by atomic mass is 32.1. The van der Waals surface area contributed by atoms with Crippen LogP contribution in [0.1, 0.15) is 6.42 Å². The summed E-state index contributed by atoms with van der Waals surface area (Å²) in [7, 11) is 3.90. The van der Waals surface area contributed by atoms with Crippen molar-refractivity contribution < 1.29 is 15.0 Å². The first-order valence-corrected chi connectivity index (χ1v) is 4.50. The van der Waals surface area contributed by atoms with Crippen molar-refractivity contribution >= 4 is 12.6 Å². The molecule has 0 amide bonds. The first-order valence-electron chi connectivity index (χ1n) is 4.03. The molecule has 0 aromatic carbocycles. The molecule has 1 heterocycles. The van der Waals surface area contributed by atoms with Gasteiger partial charge in [0.1, 0.15) is 5.76 Å². The molecule has 6 heteroatoms. The Hall–Kier alpha value is -0.270. The molecule has 1 saturated heterocycles. The first-order chi connectivity index (χ1) is 6.06. The summed E-state index contributed by atoms with van der Waals surface area (Å²) in [4.78, 5) is 5.20. The van der Waals surface area contributed by atoms with Gasteiger partial charge in [-0.2, -0.15) is 5.01 Å². The number of hydrogen-bond donors (Lipinski definition) is 3. The highest BCUT2D eigenvalue weighted by molar-refractivity contribution is 7.59. The van der Waals surface area contributed by atoms with Crippen molar-refractivity contribution in [3.63, 3.8) is 0 Å². The molecule has 1 fully saturated rings. The SMILES string of the molecule is C=C(CC1N(C)NC([S-])[NH+]1C)OO. The Kier molecular flexibility index (Phi) is 3.57. The number of rotatable bonds is 3. The van der Waals surface area contributed by atoms with E-state index in [4.69, 9.17) is 17.9 Å². The number of quaternary nitrogens is 1. The summed E-state index contributed by atoms with van der Waals surface area (Å²) >= 11 is 5.15. The van der Waals surface area contributed by atoms with Gasteiger partial charge < -0.3 is 22.4 Å². The van der Waals surface area contributed by atoms with Gasteiger partial charge in [-0.25, -0.2) is 10.7 Å². The van der Waals surface area contributed by atoms with Crippen molar-refractivity contribution in [3.05, 3.63) is 12.3 Å². The fourth-order valence-electron chi connectivity index (χ4n) is 1.41. The summed E-state index contributed by atoms with van der Waals surface area (Å²) < 4.78 is 0. The Bertz CT molecular complexity index is 202. The van der Waals surface area contributed by atoms with Gasteiger partial charge in [0.15, 0.2) is 6.17 Å². The topological polar surface area (TPSA) is 49.2 Å². The fraction of sp³-hybridized carbons (Fsp3) is 0.714. The van der Waals surface area contributed by atoms with Crippen molar-refractivity contribution in [2.45, 2.75) is 18.1 Å². The molecule has 1 rings (SSSR count). The van der Waals surface area contributed by atoms with Gasteiger partial charge in [0.2, 0.25) is 0 Å². The quantitative estimate of drug-likeness (QED) is 0.227. The van der Waals surface area contributed by atoms with Gasteiger partial charge >= 0.3 is 0 Å². The molecule has 76 valence electrons. The minimum Gasteiger partial charge on any atom is -0.709 e. The van der Waals surface area contributed by atoms with E-state index in [1.807, 2.05) is 19.1 Å². The normalized spacial score (nSPS) is 34.9. The highest BCUT2D eigenvalue weighted by Crippen LogP contribution is 2.05. The Morgan fingerprint density at radius 3 is 2.85 bits per heavy atom. The highest BCUT2D eigenvalue weighted by Gasteiger charge is 2.32. The molecule has 1 aliphatic heterocycles. The predicted octanol–water partition coefficient (Wildman–Crippen LogP) is -1.50. The monoisotopic (exact) mass is 205 g/mol. The van der Waals surface area contributed by atoms with E-state index >= 15 is 0 Å². The maximum Gasteiger partial charge on any atom is 0.162 e. The Balaban J connectivity index is 2.53. The van der Waals surface area contributed by atoms with Crippen LogP contribution >= 0.6 is 0 Å². The number of nitrogens with zero attached hydrogens (tertiary/aromatic N) is 1. The van der Waals surface area contributed by atoms with Crippen molar-refractivity contribution in [1.82, 2.24) is 10.4 Å². The third-order valence-electron chi connectivity index (χ3n) is 2.28. The molecule has 0 aliphatic carbocycles. The predicted molar refractivity (Wildman–Crippen MR) is 50.2 cm³/mol. The summed E-state index contributed by atoms with van der Waals surface area (Å²) in [5.41, 5.74) is 3.04. The van der Waals surface area contributed by atoms with Crippen LogP contribution in [0.3, 0.4) is 0 Å². The average molecular weight is 205 g/mol. The van der Waals surface area contributed by atoms with Gasteiger partial charge in [-0.05, 0) is 0 Å². The van der Waals surface area contributed by atoms with Crippen LogP contribution in [0.2, 0.25) is 0 Å². The van der Waals surface area contributed by atoms with Gasteiger partial charge in [-0.15, -0.1) is 0 Å². The largest absolute Gasteiger partial charge is 0.709 e. The standard InChI is InChI=1S/C7H15N3O2S/c1-5(12-11)4-6-9(2)7(13)8-10(6)3/h6-8,11,13H,1,4H2,2-3H3. The van der Waals surface area contributed by atoms with E-state index in [-0.39, 0.29) is 11.7 Å². The molecule has 0 saturated carbocycles. The van der Waals surface area contributed by atoms with Crippen molar-refractivity contribution in [2.24, 2.45) is 0 Å². The van der Waals surface area contributed by atoms with Gasteiger partial charge in [0.25, 0.3) is 0 Å². The van der Waals surface area contributed by atoms with Crippen LogP contribution in [0.15, 0.2) is 12.3 Å². The van der Waals surface area contributed by atoms with E-state index in [0.29, 0.717) is 12.2 Å². The molecule has 3 unspecified atom stereocenters. The smallest absolute Gasteiger partial charge is 0.162 e. The summed E-state index contributed by atoms with van der Waals surface area (Å²) in [5, 5.41) is 10.3. The summed E-state index contributed by atoms with van der Waals surface area (Å²) in [5.74, 6) is 0.349. The zero-order valence-corrected chi connectivity index (χ0v) is 8.60. The lowest BCUT2D eigenvalue weighted by atomic mass is 10.3. The second kappa shape index (κ2) is 4.30. The Morgan fingerprint density at radius 1 is 1.85 bits per heavy atom. The molecule has 3 N–H and O–H groups in total. The van der Waals surface area contributed by atoms with E-state index in [9.17, 15) is 0 Å². The van der Waals surface area contributed by atoms with Gasteiger partial charge in [0, 0.05) is 12.5 Å². The van der Waals surface area contributed by atoms with Crippen molar-refractivity contribution in [2.75, 3.05) is 14.1 Å². The summed E-state index contributed by atoms with van der Waals surface area (Å²) in [6.45, 7) is 3.56. The zero-order valence-electron chi connectivity index (χ0n) is 7.78. The van der Waals surface area contributed by atoms with Gasteiger partial charge in [-0.3, -0.25) is 0 Å². The molecule has 0 bridgehead atoms. The summed E-state index contributed by atoms with van der Waals surface area (Å²) in [6, 6.07) is 0. The number of hydrogen-bond acceptors (Lipinski definition) is 5. The average Bonchev–Trinajstić information content (AvgIpc) is 2.32. The van der Waals surface area contributed by atoms with Crippen LogP contribution in [0.4, 0.5) is 0 Å². The molecule has 0 radical (unpaired) electrons. The van der Waals surface area contributed by atoms with Gasteiger partial charge in [-0.1, -0.05) is 6.58 Å². The molecule has 0 aromatic heterocycles. The summed E-state index contributed by atoms with van der Waals surface area (Å²) in [6.07, 6.45) is 0.709. The van der Waals surface area contributed by atoms with Crippen molar-refractivity contribution in [3.8, 4) is 0 Å². The van der Waals surface area contributed by atoms with Crippen LogP contribution in [-0.4, -0.2) is 36.0 Å². The molecule has 3 atom stereocenters. The number of nitrogens with one attached hydrogen (secondary N) is 2. The van der Waals surface area contributed by atoms with Gasteiger partial charge in [0.05, 0.1) is 13.5 Å². The van der Waals surface area contributed by atoms with Crippen LogP contribution < -0.4 is 10.3 Å². The third-order valence-corrected chi connectivity index (χ3v) is 2.75. The Labute approximate surface area is 83.3 Å². The fourth-order valence-corrected chi connectivity index (χ4v) is 1.73. The van der Waals surface area contributed by atoms with E-state index in [1.165, 1.54) is 0 Å². The lowest BCUT2D eigenvalue weighted by molar-refractivity contribution is -0.908.